The van der Waals surface area contributed by atoms with Crippen molar-refractivity contribution in [1.29, 1.82) is 0 Å². The van der Waals surface area contributed by atoms with Gasteiger partial charge in [0.25, 0.3) is 0 Å². The van der Waals surface area contributed by atoms with Crippen LogP contribution in [0.25, 0.3) is 91.8 Å². The van der Waals surface area contributed by atoms with Crippen molar-refractivity contribution in [3.05, 3.63) is 231 Å². The van der Waals surface area contributed by atoms with Gasteiger partial charge in [-0.15, -0.1) is 11.3 Å². The highest BCUT2D eigenvalue weighted by molar-refractivity contribution is 7.25. The van der Waals surface area contributed by atoms with Crippen LogP contribution in [0.3, 0.4) is 0 Å². The van der Waals surface area contributed by atoms with Crippen LogP contribution in [0.2, 0.25) is 0 Å². The number of para-hydroxylation sites is 3. The van der Waals surface area contributed by atoms with E-state index in [2.05, 4.69) is 240 Å². The number of hydrogen-bond acceptors (Lipinski definition) is 2. The SMILES string of the molecule is c1cc(-c2ccc3ccccc3c2)cc(N(c2ccc(-c3cccc(-n4c5ccccc5c5ccccc54)c3)cc2)c2ccccc2-c2ccc3sc4ccccc4c3c2)c1. The van der Waals surface area contributed by atoms with Gasteiger partial charge in [-0.05, 0) is 117 Å². The Morgan fingerprint density at radius 1 is 0.328 bits per heavy atom. The minimum atomic E-state index is 1.09. The third kappa shape index (κ3) is 6.09. The molecular formula is C58H38N2S. The Kier molecular flexibility index (Phi) is 8.39. The molecule has 0 atom stereocenters. The number of benzene rings is 10. The first-order valence-electron chi connectivity index (χ1n) is 20.8. The number of rotatable bonds is 7. The summed E-state index contributed by atoms with van der Waals surface area (Å²) in [5.41, 5.74) is 14.0. The first kappa shape index (κ1) is 35.2. The summed E-state index contributed by atoms with van der Waals surface area (Å²) < 4.78 is 5.01. The predicted octanol–water partition coefficient (Wildman–Crippen LogP) is 16.8. The molecule has 0 aliphatic heterocycles. The average Bonchev–Trinajstić information content (AvgIpc) is 3.88. The molecule has 0 saturated carbocycles. The molecule has 3 heteroatoms. The molecule has 0 saturated heterocycles. The summed E-state index contributed by atoms with van der Waals surface area (Å²) in [5, 5.41) is 7.61. The lowest BCUT2D eigenvalue weighted by molar-refractivity contribution is 1.18. The third-order valence-corrected chi connectivity index (χ3v) is 13.3. The highest BCUT2D eigenvalue weighted by atomic mass is 32.1. The molecule has 0 aliphatic rings. The molecule has 2 nitrogen and oxygen atoms in total. The molecule has 0 bridgehead atoms. The van der Waals surface area contributed by atoms with Crippen LogP contribution in [0.15, 0.2) is 231 Å². The minimum absolute atomic E-state index is 1.09. The fraction of sp³-hybridized carbons (Fsp3) is 0. The van der Waals surface area contributed by atoms with Crippen LogP contribution in [-0.2, 0) is 0 Å². The quantitative estimate of drug-likeness (QED) is 0.156. The van der Waals surface area contributed by atoms with E-state index in [0.29, 0.717) is 0 Å². The number of aromatic nitrogens is 1. The number of thiophene rings is 1. The first-order chi connectivity index (χ1) is 30.2. The van der Waals surface area contributed by atoms with Crippen LogP contribution in [0.5, 0.6) is 0 Å². The van der Waals surface area contributed by atoms with Crippen molar-refractivity contribution in [3.63, 3.8) is 0 Å². The second-order valence-electron chi connectivity index (χ2n) is 15.7. The zero-order chi connectivity index (χ0) is 40.3. The Balaban J connectivity index is 0.989. The fourth-order valence-electron chi connectivity index (χ4n) is 9.26. The van der Waals surface area contributed by atoms with Gasteiger partial charge < -0.3 is 9.47 Å². The largest absolute Gasteiger partial charge is 0.310 e. The van der Waals surface area contributed by atoms with Crippen molar-refractivity contribution in [3.8, 4) is 39.1 Å². The van der Waals surface area contributed by atoms with Gasteiger partial charge >= 0.3 is 0 Å². The van der Waals surface area contributed by atoms with E-state index in [9.17, 15) is 0 Å². The van der Waals surface area contributed by atoms with Crippen molar-refractivity contribution in [2.75, 3.05) is 4.90 Å². The molecule has 0 unspecified atom stereocenters. The molecule has 0 amide bonds. The summed E-state index contributed by atoms with van der Waals surface area (Å²) in [5.74, 6) is 0. The van der Waals surface area contributed by atoms with Crippen molar-refractivity contribution in [2.24, 2.45) is 0 Å². The topological polar surface area (TPSA) is 8.17 Å². The van der Waals surface area contributed by atoms with Crippen molar-refractivity contribution < 1.29 is 0 Å². The average molecular weight is 795 g/mol. The number of nitrogens with zero attached hydrogens (tertiary/aromatic N) is 2. The van der Waals surface area contributed by atoms with Crippen LogP contribution in [0.1, 0.15) is 0 Å². The van der Waals surface area contributed by atoms with Crippen LogP contribution in [0, 0.1) is 0 Å². The lowest BCUT2D eigenvalue weighted by atomic mass is 9.98. The van der Waals surface area contributed by atoms with Gasteiger partial charge in [0.15, 0.2) is 0 Å². The summed E-state index contributed by atoms with van der Waals surface area (Å²) in [7, 11) is 0. The molecule has 0 radical (unpaired) electrons. The highest BCUT2D eigenvalue weighted by Crippen LogP contribution is 2.44. The van der Waals surface area contributed by atoms with Crippen molar-refractivity contribution in [2.45, 2.75) is 0 Å². The summed E-state index contributed by atoms with van der Waals surface area (Å²) in [4.78, 5) is 2.42. The molecule has 10 aromatic carbocycles. The van der Waals surface area contributed by atoms with E-state index < -0.39 is 0 Å². The Bertz CT molecular complexity index is 3560. The molecule has 0 spiro atoms. The molecule has 0 fully saturated rings. The Morgan fingerprint density at radius 2 is 0.934 bits per heavy atom. The van der Waals surface area contributed by atoms with Crippen molar-refractivity contribution >= 4 is 81.1 Å². The summed E-state index contributed by atoms with van der Waals surface area (Å²) in [6, 6.07) is 84.3. The standard InChI is InChI=1S/C58H38N2S/c1-2-14-41-35-44(28-27-39(41)13-1)43-16-12-17-47(37-43)59(54-23-7-3-19-49(54)45-31-34-58-53(38-45)52-22-6-10-26-57(52)61-58)46-32-29-40(30-33-46)42-15-11-18-48(36-42)60-55-24-8-4-20-50(55)51-21-5-9-25-56(51)60/h1-38H. The third-order valence-electron chi connectivity index (χ3n) is 12.2. The maximum atomic E-state index is 2.42. The van der Waals surface area contributed by atoms with E-state index >= 15 is 0 Å². The highest BCUT2D eigenvalue weighted by Gasteiger charge is 2.19. The number of anilines is 3. The molecule has 286 valence electrons. The fourth-order valence-corrected chi connectivity index (χ4v) is 10.3. The van der Waals surface area contributed by atoms with Gasteiger partial charge in [0.2, 0.25) is 0 Å². The Morgan fingerprint density at radius 3 is 1.75 bits per heavy atom. The van der Waals surface area contributed by atoms with Gasteiger partial charge in [-0.1, -0.05) is 152 Å². The van der Waals surface area contributed by atoms with Gasteiger partial charge in [0.05, 0.1) is 16.7 Å². The predicted molar refractivity (Wildman–Crippen MR) is 262 cm³/mol. The van der Waals surface area contributed by atoms with E-state index in [1.54, 1.807) is 0 Å². The molecule has 12 rings (SSSR count). The molecular weight excluding hydrogens is 757 g/mol. The van der Waals surface area contributed by atoms with Gasteiger partial charge in [0.1, 0.15) is 0 Å². The molecule has 12 aromatic rings. The van der Waals surface area contributed by atoms with Gasteiger partial charge in [-0.25, -0.2) is 0 Å². The summed E-state index contributed by atoms with van der Waals surface area (Å²) in [6.45, 7) is 0. The van der Waals surface area contributed by atoms with Crippen molar-refractivity contribution in [1.82, 2.24) is 4.57 Å². The van der Waals surface area contributed by atoms with Gasteiger partial charge in [0, 0.05) is 53.6 Å². The van der Waals surface area contributed by atoms with Crippen LogP contribution < -0.4 is 4.90 Å². The summed E-state index contributed by atoms with van der Waals surface area (Å²) >= 11 is 1.86. The second-order valence-corrected chi connectivity index (χ2v) is 16.8. The Hall–Kier alpha value is -7.72. The zero-order valence-electron chi connectivity index (χ0n) is 33.2. The number of hydrogen-bond donors (Lipinski definition) is 0. The first-order valence-corrected chi connectivity index (χ1v) is 21.6. The minimum Gasteiger partial charge on any atom is -0.310 e. The van der Waals surface area contributed by atoms with E-state index in [-0.39, 0.29) is 0 Å². The zero-order valence-corrected chi connectivity index (χ0v) is 34.1. The van der Waals surface area contributed by atoms with E-state index in [0.717, 1.165) is 22.7 Å². The normalized spacial score (nSPS) is 11.6. The van der Waals surface area contributed by atoms with Crippen LogP contribution >= 0.6 is 11.3 Å². The van der Waals surface area contributed by atoms with E-state index in [1.165, 1.54) is 86.1 Å². The molecule has 2 heterocycles. The summed E-state index contributed by atoms with van der Waals surface area (Å²) in [6.07, 6.45) is 0. The smallest absolute Gasteiger partial charge is 0.0541 e. The lowest BCUT2D eigenvalue weighted by Gasteiger charge is -2.28. The van der Waals surface area contributed by atoms with Gasteiger partial charge in [-0.3, -0.25) is 0 Å². The number of fused-ring (bicyclic) bond motifs is 7. The molecule has 61 heavy (non-hydrogen) atoms. The molecule has 0 aliphatic carbocycles. The van der Waals surface area contributed by atoms with Crippen LogP contribution in [-0.4, -0.2) is 4.57 Å². The van der Waals surface area contributed by atoms with Crippen LogP contribution in [0.4, 0.5) is 17.1 Å². The molecule has 2 aromatic heterocycles. The lowest BCUT2D eigenvalue weighted by Crippen LogP contribution is -2.11. The maximum Gasteiger partial charge on any atom is 0.0541 e. The maximum absolute atomic E-state index is 2.42. The second kappa shape index (κ2) is 14.5. The Labute approximate surface area is 358 Å². The monoisotopic (exact) mass is 794 g/mol. The van der Waals surface area contributed by atoms with E-state index in [1.807, 2.05) is 11.3 Å². The van der Waals surface area contributed by atoms with E-state index in [4.69, 9.17) is 0 Å². The van der Waals surface area contributed by atoms with Gasteiger partial charge in [-0.2, -0.15) is 0 Å². The molecule has 0 N–H and O–H groups in total.